The number of primary amides is 1. The topological polar surface area (TPSA) is 110 Å². The van der Waals surface area contributed by atoms with Crippen LogP contribution in [0.5, 0.6) is 0 Å². The van der Waals surface area contributed by atoms with Gasteiger partial charge in [0.15, 0.2) is 0 Å². The smallest absolute Gasteiger partial charge is 0.240 e. The van der Waals surface area contributed by atoms with Gasteiger partial charge in [0.05, 0.1) is 19.1 Å². The third-order valence-electron chi connectivity index (χ3n) is 1.99. The van der Waals surface area contributed by atoms with Gasteiger partial charge in [0, 0.05) is 12.6 Å². The summed E-state index contributed by atoms with van der Waals surface area (Å²) in [6.07, 6.45) is -0.173. The monoisotopic (exact) mass is 217 g/mol. The molecule has 0 saturated carbocycles. The number of aliphatic hydroxyl groups excluding tert-OH is 1. The Hall–Kier alpha value is -1.14. The SMILES string of the molecule is CC(C)N(CCO)C(=O)C(N)CC(N)=O. The summed E-state index contributed by atoms with van der Waals surface area (Å²) in [6, 6.07) is -0.986. The Balaban J connectivity index is 4.41. The lowest BCUT2D eigenvalue weighted by atomic mass is 10.1. The van der Waals surface area contributed by atoms with Crippen LogP contribution in [0.2, 0.25) is 0 Å². The third-order valence-corrected chi connectivity index (χ3v) is 1.99. The molecule has 6 heteroatoms. The Kier molecular flexibility index (Phi) is 5.88. The predicted molar refractivity (Wildman–Crippen MR) is 55.7 cm³/mol. The highest BCUT2D eigenvalue weighted by molar-refractivity contribution is 5.87. The van der Waals surface area contributed by atoms with E-state index in [9.17, 15) is 9.59 Å². The van der Waals surface area contributed by atoms with Crippen molar-refractivity contribution in [1.29, 1.82) is 0 Å². The minimum atomic E-state index is -0.920. The number of hydrogen-bond donors (Lipinski definition) is 3. The molecular weight excluding hydrogens is 198 g/mol. The molecule has 0 radical (unpaired) electrons. The molecule has 0 aromatic carbocycles. The van der Waals surface area contributed by atoms with E-state index in [0.717, 1.165) is 0 Å². The molecule has 0 heterocycles. The number of carbonyl (C=O) groups is 2. The van der Waals surface area contributed by atoms with E-state index in [1.807, 2.05) is 13.8 Å². The molecule has 0 rings (SSSR count). The van der Waals surface area contributed by atoms with Crippen LogP contribution in [0.3, 0.4) is 0 Å². The van der Waals surface area contributed by atoms with Gasteiger partial charge in [-0.2, -0.15) is 0 Å². The van der Waals surface area contributed by atoms with Crippen LogP contribution in [0, 0.1) is 0 Å². The molecule has 0 saturated heterocycles. The molecule has 5 N–H and O–H groups in total. The van der Waals surface area contributed by atoms with Crippen LogP contribution < -0.4 is 11.5 Å². The van der Waals surface area contributed by atoms with Crippen LogP contribution in [0.4, 0.5) is 0 Å². The van der Waals surface area contributed by atoms with Gasteiger partial charge >= 0.3 is 0 Å². The fraction of sp³-hybridized carbons (Fsp3) is 0.778. The number of nitrogens with zero attached hydrogens (tertiary/aromatic N) is 1. The Morgan fingerprint density at radius 2 is 1.93 bits per heavy atom. The maximum Gasteiger partial charge on any atom is 0.240 e. The lowest BCUT2D eigenvalue weighted by Crippen LogP contribution is -2.49. The number of hydrogen-bond acceptors (Lipinski definition) is 4. The molecule has 0 bridgehead atoms. The highest BCUT2D eigenvalue weighted by atomic mass is 16.3. The summed E-state index contributed by atoms with van der Waals surface area (Å²) < 4.78 is 0. The van der Waals surface area contributed by atoms with Crippen molar-refractivity contribution in [1.82, 2.24) is 4.90 Å². The van der Waals surface area contributed by atoms with Crippen molar-refractivity contribution in [2.45, 2.75) is 32.4 Å². The van der Waals surface area contributed by atoms with Crippen molar-refractivity contribution in [2.75, 3.05) is 13.2 Å². The number of aliphatic hydroxyl groups is 1. The Labute approximate surface area is 89.2 Å². The van der Waals surface area contributed by atoms with Gasteiger partial charge < -0.3 is 21.5 Å². The number of nitrogens with two attached hydrogens (primary N) is 2. The molecule has 0 aliphatic carbocycles. The summed E-state index contributed by atoms with van der Waals surface area (Å²) >= 11 is 0. The van der Waals surface area contributed by atoms with E-state index in [2.05, 4.69) is 0 Å². The number of rotatable bonds is 6. The molecule has 0 spiro atoms. The lowest BCUT2D eigenvalue weighted by molar-refractivity contribution is -0.136. The second kappa shape index (κ2) is 6.36. The van der Waals surface area contributed by atoms with Gasteiger partial charge in [-0.15, -0.1) is 0 Å². The maximum atomic E-state index is 11.7. The minimum absolute atomic E-state index is 0.0661. The molecule has 0 aliphatic heterocycles. The first-order valence-electron chi connectivity index (χ1n) is 4.85. The van der Waals surface area contributed by atoms with Gasteiger partial charge in [0.2, 0.25) is 11.8 Å². The van der Waals surface area contributed by atoms with E-state index < -0.39 is 11.9 Å². The average Bonchev–Trinajstić information content (AvgIpc) is 2.11. The van der Waals surface area contributed by atoms with Gasteiger partial charge in [-0.25, -0.2) is 0 Å². The van der Waals surface area contributed by atoms with Crippen molar-refractivity contribution < 1.29 is 14.7 Å². The number of amides is 2. The van der Waals surface area contributed by atoms with Crippen molar-refractivity contribution in [2.24, 2.45) is 11.5 Å². The Morgan fingerprint density at radius 1 is 1.40 bits per heavy atom. The summed E-state index contributed by atoms with van der Waals surface area (Å²) in [5.41, 5.74) is 10.5. The van der Waals surface area contributed by atoms with E-state index in [1.165, 1.54) is 4.90 Å². The zero-order chi connectivity index (χ0) is 12.0. The predicted octanol–water partition coefficient (Wildman–Crippen LogP) is -1.58. The van der Waals surface area contributed by atoms with Gasteiger partial charge in [0.25, 0.3) is 0 Å². The summed E-state index contributed by atoms with van der Waals surface area (Å²) in [4.78, 5) is 23.7. The third kappa shape index (κ3) is 4.75. The summed E-state index contributed by atoms with van der Waals surface area (Å²) in [6.45, 7) is 3.70. The zero-order valence-electron chi connectivity index (χ0n) is 9.14. The largest absolute Gasteiger partial charge is 0.395 e. The van der Waals surface area contributed by atoms with Crippen LogP contribution in [0.1, 0.15) is 20.3 Å². The highest BCUT2D eigenvalue weighted by Gasteiger charge is 2.23. The molecule has 0 aromatic heterocycles. The van der Waals surface area contributed by atoms with Crippen molar-refractivity contribution in [3.8, 4) is 0 Å². The zero-order valence-corrected chi connectivity index (χ0v) is 9.14. The molecule has 1 unspecified atom stereocenters. The molecule has 6 nitrogen and oxygen atoms in total. The van der Waals surface area contributed by atoms with Crippen LogP contribution in [-0.2, 0) is 9.59 Å². The first kappa shape index (κ1) is 13.9. The molecule has 0 fully saturated rings. The molecule has 0 aromatic rings. The Morgan fingerprint density at radius 3 is 2.27 bits per heavy atom. The molecular formula is C9H19N3O3. The van der Waals surface area contributed by atoms with Crippen molar-refractivity contribution >= 4 is 11.8 Å². The molecule has 88 valence electrons. The fourth-order valence-electron chi connectivity index (χ4n) is 1.25. The fourth-order valence-corrected chi connectivity index (χ4v) is 1.25. The number of carbonyl (C=O) groups excluding carboxylic acids is 2. The van der Waals surface area contributed by atoms with E-state index >= 15 is 0 Å². The van der Waals surface area contributed by atoms with E-state index in [1.54, 1.807) is 0 Å². The molecule has 1 atom stereocenters. The van der Waals surface area contributed by atoms with E-state index in [4.69, 9.17) is 16.6 Å². The first-order valence-corrected chi connectivity index (χ1v) is 4.85. The second-order valence-electron chi connectivity index (χ2n) is 3.63. The second-order valence-corrected chi connectivity index (χ2v) is 3.63. The summed E-state index contributed by atoms with van der Waals surface area (Å²) in [5.74, 6) is -0.971. The van der Waals surface area contributed by atoms with E-state index in [-0.39, 0.29) is 31.5 Å². The molecule has 0 aliphatic rings. The highest BCUT2D eigenvalue weighted by Crippen LogP contribution is 2.02. The normalized spacial score (nSPS) is 12.6. The van der Waals surface area contributed by atoms with Gasteiger partial charge in [-0.3, -0.25) is 9.59 Å². The lowest BCUT2D eigenvalue weighted by Gasteiger charge is -2.28. The quantitative estimate of drug-likeness (QED) is 0.498. The first-order chi connectivity index (χ1) is 6.90. The van der Waals surface area contributed by atoms with Gasteiger partial charge in [-0.1, -0.05) is 0 Å². The minimum Gasteiger partial charge on any atom is -0.395 e. The van der Waals surface area contributed by atoms with Crippen molar-refractivity contribution in [3.63, 3.8) is 0 Å². The Bertz CT molecular complexity index is 231. The van der Waals surface area contributed by atoms with Crippen LogP contribution in [0.15, 0.2) is 0 Å². The van der Waals surface area contributed by atoms with Gasteiger partial charge in [-0.05, 0) is 13.8 Å². The van der Waals surface area contributed by atoms with Crippen LogP contribution in [-0.4, -0.2) is 47.1 Å². The summed E-state index contributed by atoms with van der Waals surface area (Å²) in [5, 5.41) is 8.77. The standard InChI is InChI=1S/C9H19N3O3/c1-6(2)12(3-4-13)9(15)7(10)5-8(11)14/h6-7,13H,3-5,10H2,1-2H3,(H2,11,14). The van der Waals surface area contributed by atoms with Crippen LogP contribution >= 0.6 is 0 Å². The molecule has 2 amide bonds. The average molecular weight is 217 g/mol. The van der Waals surface area contributed by atoms with Crippen LogP contribution in [0.25, 0.3) is 0 Å². The summed E-state index contributed by atoms with van der Waals surface area (Å²) in [7, 11) is 0. The molecule has 15 heavy (non-hydrogen) atoms. The maximum absolute atomic E-state index is 11.7. The van der Waals surface area contributed by atoms with Crippen molar-refractivity contribution in [3.05, 3.63) is 0 Å². The van der Waals surface area contributed by atoms with Gasteiger partial charge in [0.1, 0.15) is 0 Å². The van der Waals surface area contributed by atoms with E-state index in [0.29, 0.717) is 0 Å².